The molecule has 0 N–H and O–H groups in total. The zero-order valence-electron chi connectivity index (χ0n) is 10.9. The molecule has 0 fully saturated rings. The van der Waals surface area contributed by atoms with Crippen LogP contribution in [-0.2, 0) is 6.42 Å². The van der Waals surface area contributed by atoms with Gasteiger partial charge in [0.25, 0.3) is 0 Å². The minimum Gasteiger partial charge on any atom is -0.297 e. The predicted octanol–water partition coefficient (Wildman–Crippen LogP) is 3.30. The lowest BCUT2D eigenvalue weighted by Gasteiger charge is -2.07. The summed E-state index contributed by atoms with van der Waals surface area (Å²) < 4.78 is 1.82. The summed E-state index contributed by atoms with van der Waals surface area (Å²) in [5.41, 5.74) is 1.95. The average molecular weight is 262 g/mol. The van der Waals surface area contributed by atoms with E-state index in [4.69, 9.17) is 0 Å². The van der Waals surface area contributed by atoms with Crippen LogP contribution in [0.4, 0.5) is 0 Å². The summed E-state index contributed by atoms with van der Waals surface area (Å²) in [6, 6.07) is 19.5. The number of hydrogen-bond acceptors (Lipinski definition) is 2. The molecule has 3 nitrogen and oxygen atoms in total. The Balaban J connectivity index is 1.88. The number of Topliss-reactive ketones (excluding diaryl/α,β-unsaturated/α-hetero) is 1. The number of hydrogen-bond donors (Lipinski definition) is 0. The van der Waals surface area contributed by atoms with Gasteiger partial charge in [-0.3, -0.25) is 9.36 Å². The molecular formula is C17H14N2O. The molecular weight excluding hydrogens is 248 g/mol. The van der Waals surface area contributed by atoms with Crippen molar-refractivity contribution >= 4 is 5.78 Å². The van der Waals surface area contributed by atoms with Crippen LogP contribution in [-0.4, -0.2) is 15.3 Å². The van der Waals surface area contributed by atoms with Crippen LogP contribution in [0.25, 0.3) is 5.69 Å². The van der Waals surface area contributed by atoms with Gasteiger partial charge in [0.05, 0.1) is 0 Å². The Morgan fingerprint density at radius 2 is 1.60 bits per heavy atom. The van der Waals surface area contributed by atoms with Crippen molar-refractivity contribution in [3.8, 4) is 5.69 Å². The molecule has 2 aromatic carbocycles. The number of imidazole rings is 1. The van der Waals surface area contributed by atoms with Gasteiger partial charge in [-0.15, -0.1) is 0 Å². The van der Waals surface area contributed by atoms with E-state index in [1.807, 2.05) is 71.4 Å². The van der Waals surface area contributed by atoms with E-state index in [1.165, 1.54) is 0 Å². The van der Waals surface area contributed by atoms with E-state index in [0.717, 1.165) is 11.3 Å². The lowest BCUT2D eigenvalue weighted by molar-refractivity contribution is 0.0981. The van der Waals surface area contributed by atoms with Crippen LogP contribution in [0.2, 0.25) is 0 Å². The third-order valence-corrected chi connectivity index (χ3v) is 3.13. The van der Waals surface area contributed by atoms with Crippen LogP contribution in [0, 0.1) is 0 Å². The zero-order valence-corrected chi connectivity index (χ0v) is 10.9. The topological polar surface area (TPSA) is 34.9 Å². The Morgan fingerprint density at radius 1 is 0.950 bits per heavy atom. The molecule has 0 saturated carbocycles. The molecule has 0 spiro atoms. The zero-order chi connectivity index (χ0) is 13.8. The number of nitrogens with zero attached hydrogens (tertiary/aromatic N) is 2. The standard InChI is InChI=1S/C17H14N2O/c20-16(13-14-7-3-1-4-8-14)17-18-11-12-19(17)15-9-5-2-6-10-15/h1-12H,13H2. The summed E-state index contributed by atoms with van der Waals surface area (Å²) in [6.45, 7) is 0. The fourth-order valence-electron chi connectivity index (χ4n) is 2.17. The molecule has 0 atom stereocenters. The van der Waals surface area contributed by atoms with Crippen molar-refractivity contribution in [2.24, 2.45) is 0 Å². The van der Waals surface area contributed by atoms with E-state index in [1.54, 1.807) is 6.20 Å². The van der Waals surface area contributed by atoms with E-state index in [-0.39, 0.29) is 5.78 Å². The van der Waals surface area contributed by atoms with Gasteiger partial charge >= 0.3 is 0 Å². The first-order valence-electron chi connectivity index (χ1n) is 6.50. The molecule has 1 heterocycles. The molecule has 0 radical (unpaired) electrons. The summed E-state index contributed by atoms with van der Waals surface area (Å²) in [6.07, 6.45) is 3.84. The molecule has 3 rings (SSSR count). The molecule has 98 valence electrons. The van der Waals surface area contributed by atoms with Crippen molar-refractivity contribution in [3.63, 3.8) is 0 Å². The maximum Gasteiger partial charge on any atom is 0.202 e. The van der Waals surface area contributed by atoms with Crippen LogP contribution in [0.5, 0.6) is 0 Å². The lowest BCUT2D eigenvalue weighted by atomic mass is 10.1. The van der Waals surface area contributed by atoms with Crippen molar-refractivity contribution in [2.45, 2.75) is 6.42 Å². The average Bonchev–Trinajstić information content (AvgIpc) is 2.99. The largest absolute Gasteiger partial charge is 0.297 e. The van der Waals surface area contributed by atoms with E-state index in [9.17, 15) is 4.79 Å². The first-order chi connectivity index (χ1) is 9.84. The fourth-order valence-corrected chi connectivity index (χ4v) is 2.17. The van der Waals surface area contributed by atoms with Crippen LogP contribution >= 0.6 is 0 Å². The SMILES string of the molecule is O=C(Cc1ccccc1)c1nccn1-c1ccccc1. The quantitative estimate of drug-likeness (QED) is 0.676. The monoisotopic (exact) mass is 262 g/mol. The lowest BCUT2D eigenvalue weighted by Crippen LogP contribution is -2.11. The minimum atomic E-state index is 0.0186. The van der Waals surface area contributed by atoms with Gasteiger partial charge in [0.2, 0.25) is 5.78 Å². The number of benzene rings is 2. The second-order valence-electron chi connectivity index (χ2n) is 4.54. The smallest absolute Gasteiger partial charge is 0.202 e. The molecule has 0 aliphatic rings. The Labute approximate surface area is 117 Å². The molecule has 3 heteroatoms. The molecule has 0 unspecified atom stereocenters. The van der Waals surface area contributed by atoms with Gasteiger partial charge in [-0.05, 0) is 17.7 Å². The minimum absolute atomic E-state index is 0.0186. The molecule has 0 saturated heterocycles. The third-order valence-electron chi connectivity index (χ3n) is 3.13. The van der Waals surface area contributed by atoms with E-state index >= 15 is 0 Å². The van der Waals surface area contributed by atoms with Crippen molar-refractivity contribution in [2.75, 3.05) is 0 Å². The predicted molar refractivity (Wildman–Crippen MR) is 78.0 cm³/mol. The maximum absolute atomic E-state index is 12.4. The van der Waals surface area contributed by atoms with Crippen molar-refractivity contribution < 1.29 is 4.79 Å². The van der Waals surface area contributed by atoms with Crippen molar-refractivity contribution in [1.29, 1.82) is 0 Å². The highest BCUT2D eigenvalue weighted by atomic mass is 16.1. The van der Waals surface area contributed by atoms with Gasteiger partial charge < -0.3 is 0 Å². The van der Waals surface area contributed by atoms with E-state index < -0.39 is 0 Å². The van der Waals surface area contributed by atoms with E-state index in [0.29, 0.717) is 12.2 Å². The van der Waals surface area contributed by atoms with Crippen molar-refractivity contribution in [1.82, 2.24) is 9.55 Å². The third kappa shape index (κ3) is 2.52. The number of carbonyl (C=O) groups excluding carboxylic acids is 1. The second-order valence-corrected chi connectivity index (χ2v) is 4.54. The van der Waals surface area contributed by atoms with Gasteiger partial charge in [-0.1, -0.05) is 48.5 Å². The first-order valence-corrected chi connectivity index (χ1v) is 6.50. The molecule has 0 aliphatic carbocycles. The molecule has 1 aromatic heterocycles. The summed E-state index contributed by atoms with van der Waals surface area (Å²) >= 11 is 0. The molecule has 0 aliphatic heterocycles. The number of carbonyl (C=O) groups is 1. The summed E-state index contributed by atoms with van der Waals surface area (Å²) in [4.78, 5) is 16.6. The van der Waals surface area contributed by atoms with Gasteiger partial charge in [-0.25, -0.2) is 4.98 Å². The Morgan fingerprint density at radius 3 is 2.30 bits per heavy atom. The highest BCUT2D eigenvalue weighted by Gasteiger charge is 2.14. The van der Waals surface area contributed by atoms with Crippen LogP contribution < -0.4 is 0 Å². The number of rotatable bonds is 4. The number of para-hydroxylation sites is 1. The van der Waals surface area contributed by atoms with Gasteiger partial charge in [-0.2, -0.15) is 0 Å². The Bertz CT molecular complexity index is 702. The van der Waals surface area contributed by atoms with Crippen LogP contribution in [0.15, 0.2) is 73.1 Å². The van der Waals surface area contributed by atoms with Crippen LogP contribution in [0.3, 0.4) is 0 Å². The molecule has 3 aromatic rings. The van der Waals surface area contributed by atoms with Crippen LogP contribution in [0.1, 0.15) is 16.2 Å². The summed E-state index contributed by atoms with van der Waals surface area (Å²) in [7, 11) is 0. The number of ketones is 1. The Kier molecular flexibility index (Phi) is 3.42. The summed E-state index contributed by atoms with van der Waals surface area (Å²) in [5.74, 6) is 0.491. The fraction of sp³-hybridized carbons (Fsp3) is 0.0588. The molecule has 0 amide bonds. The molecule has 0 bridgehead atoms. The first kappa shape index (κ1) is 12.4. The van der Waals surface area contributed by atoms with E-state index in [2.05, 4.69) is 4.98 Å². The van der Waals surface area contributed by atoms with Crippen molar-refractivity contribution in [3.05, 3.63) is 84.4 Å². The maximum atomic E-state index is 12.4. The van der Waals surface area contributed by atoms with Gasteiger partial charge in [0.15, 0.2) is 5.82 Å². The molecule has 20 heavy (non-hydrogen) atoms. The van der Waals surface area contributed by atoms with Gasteiger partial charge in [0, 0.05) is 24.5 Å². The highest BCUT2D eigenvalue weighted by Crippen LogP contribution is 2.12. The van der Waals surface area contributed by atoms with Gasteiger partial charge in [0.1, 0.15) is 0 Å². The number of aromatic nitrogens is 2. The highest BCUT2D eigenvalue weighted by molar-refractivity contribution is 5.94. The second kappa shape index (κ2) is 5.53. The summed E-state index contributed by atoms with van der Waals surface area (Å²) in [5, 5.41) is 0. The normalized spacial score (nSPS) is 10.4. The Hall–Kier alpha value is -2.68.